The lowest BCUT2D eigenvalue weighted by molar-refractivity contribution is -0.140. The Kier molecular flexibility index (Phi) is 6.89. The lowest BCUT2D eigenvalue weighted by Gasteiger charge is -2.11. The van der Waals surface area contributed by atoms with Crippen molar-refractivity contribution < 1.29 is 34.1 Å². The Morgan fingerprint density at radius 3 is 2.19 bits per heavy atom. The van der Waals surface area contributed by atoms with Gasteiger partial charge in [0.25, 0.3) is 5.91 Å². The van der Waals surface area contributed by atoms with Crippen molar-refractivity contribution in [1.29, 1.82) is 0 Å². The summed E-state index contributed by atoms with van der Waals surface area (Å²) in [4.78, 5) is 33.2. The lowest BCUT2D eigenvalue weighted by Crippen LogP contribution is -2.17. The van der Waals surface area contributed by atoms with E-state index < -0.39 is 31.1 Å². The normalized spacial score (nSPS) is 10.4. The van der Waals surface area contributed by atoms with E-state index in [1.54, 1.807) is 36.4 Å². The maximum absolute atomic E-state index is 11.9. The minimum atomic E-state index is -1.20. The minimum Gasteiger partial charge on any atom is -0.479 e. The summed E-state index contributed by atoms with van der Waals surface area (Å²) < 4.78 is 10.2. The molecule has 0 fully saturated rings. The second-order valence-corrected chi connectivity index (χ2v) is 5.14. The summed E-state index contributed by atoms with van der Waals surface area (Å²) in [6.07, 6.45) is 1.33. The monoisotopic (exact) mass is 372 g/mol. The van der Waals surface area contributed by atoms with E-state index >= 15 is 0 Å². The molecule has 9 heteroatoms. The molecule has 0 saturated heterocycles. The molecule has 0 aliphatic carbocycles. The number of benzene rings is 2. The molecule has 9 nitrogen and oxygen atoms in total. The van der Waals surface area contributed by atoms with Crippen LogP contribution in [-0.2, 0) is 9.59 Å². The van der Waals surface area contributed by atoms with Gasteiger partial charge in [-0.05, 0) is 35.9 Å². The molecule has 0 aromatic heterocycles. The van der Waals surface area contributed by atoms with Crippen molar-refractivity contribution in [1.82, 2.24) is 5.43 Å². The van der Waals surface area contributed by atoms with Crippen LogP contribution in [0.3, 0.4) is 0 Å². The Morgan fingerprint density at radius 2 is 1.56 bits per heavy atom. The number of amides is 1. The fourth-order valence-electron chi connectivity index (χ4n) is 1.94. The molecule has 3 N–H and O–H groups in total. The van der Waals surface area contributed by atoms with Crippen molar-refractivity contribution in [3.05, 3.63) is 59.7 Å². The molecule has 0 spiro atoms. The molecule has 0 heterocycles. The van der Waals surface area contributed by atoms with Gasteiger partial charge in [-0.2, -0.15) is 5.10 Å². The fourth-order valence-corrected chi connectivity index (χ4v) is 1.94. The van der Waals surface area contributed by atoms with Crippen LogP contribution in [0, 0.1) is 0 Å². The van der Waals surface area contributed by atoms with E-state index in [1.807, 2.05) is 0 Å². The number of rotatable bonds is 9. The minimum absolute atomic E-state index is 0.0389. The average molecular weight is 372 g/mol. The Bertz CT molecular complexity index is 850. The van der Waals surface area contributed by atoms with Gasteiger partial charge in [0, 0.05) is 5.56 Å². The Balaban J connectivity index is 2.09. The second-order valence-electron chi connectivity index (χ2n) is 5.14. The van der Waals surface area contributed by atoms with Crippen LogP contribution < -0.4 is 14.9 Å². The van der Waals surface area contributed by atoms with Gasteiger partial charge in [0.2, 0.25) is 0 Å². The zero-order valence-corrected chi connectivity index (χ0v) is 14.0. The highest BCUT2D eigenvalue weighted by atomic mass is 16.5. The molecule has 0 aliphatic rings. The summed E-state index contributed by atoms with van der Waals surface area (Å²) in [6.45, 7) is -1.24. The van der Waals surface area contributed by atoms with Gasteiger partial charge in [0.15, 0.2) is 24.7 Å². The molecule has 27 heavy (non-hydrogen) atoms. The lowest BCUT2D eigenvalue weighted by atomic mass is 10.2. The first kappa shape index (κ1) is 19.4. The van der Waals surface area contributed by atoms with Gasteiger partial charge in [-0.3, -0.25) is 4.79 Å². The standard InChI is InChI=1S/C18H16N2O7/c21-16(22)10-26-14-7-6-12(8-15(14)27-11-17(23)24)9-19-20-18(25)13-4-2-1-3-5-13/h1-9H,10-11H2,(H,20,25)(H,21,22)(H,23,24). The van der Waals surface area contributed by atoms with Crippen LogP contribution in [0.25, 0.3) is 0 Å². The molecule has 2 rings (SSSR count). The zero-order valence-electron chi connectivity index (χ0n) is 14.0. The van der Waals surface area contributed by atoms with Gasteiger partial charge in [-0.15, -0.1) is 0 Å². The molecule has 0 saturated carbocycles. The van der Waals surface area contributed by atoms with Crippen LogP contribution in [0.1, 0.15) is 15.9 Å². The number of ether oxygens (including phenoxy) is 2. The van der Waals surface area contributed by atoms with E-state index in [4.69, 9.17) is 19.7 Å². The summed E-state index contributed by atoms with van der Waals surface area (Å²) in [5.74, 6) is -2.67. The number of hydrazone groups is 1. The smallest absolute Gasteiger partial charge is 0.341 e. The van der Waals surface area contributed by atoms with E-state index in [-0.39, 0.29) is 11.5 Å². The maximum Gasteiger partial charge on any atom is 0.341 e. The predicted molar refractivity (Wildman–Crippen MR) is 94.2 cm³/mol. The Labute approximate surface area is 153 Å². The third kappa shape index (κ3) is 6.50. The topological polar surface area (TPSA) is 135 Å². The van der Waals surface area contributed by atoms with Gasteiger partial charge < -0.3 is 19.7 Å². The number of carboxylic acid groups (broad SMARTS) is 2. The largest absolute Gasteiger partial charge is 0.479 e. The summed E-state index contributed by atoms with van der Waals surface area (Å²) in [5, 5.41) is 21.2. The fraction of sp³-hybridized carbons (Fsp3) is 0.111. The number of hydrogen-bond donors (Lipinski definition) is 3. The molecular weight excluding hydrogens is 356 g/mol. The number of carboxylic acids is 2. The van der Waals surface area contributed by atoms with E-state index in [9.17, 15) is 14.4 Å². The van der Waals surface area contributed by atoms with Crippen molar-refractivity contribution in [3.8, 4) is 11.5 Å². The summed E-state index contributed by atoms with van der Waals surface area (Å²) >= 11 is 0. The molecule has 2 aromatic carbocycles. The van der Waals surface area contributed by atoms with Gasteiger partial charge in [0.05, 0.1) is 6.21 Å². The highest BCUT2D eigenvalue weighted by molar-refractivity contribution is 5.94. The number of hydrogen-bond acceptors (Lipinski definition) is 6. The van der Waals surface area contributed by atoms with Crippen LogP contribution in [0.15, 0.2) is 53.6 Å². The van der Waals surface area contributed by atoms with E-state index in [1.165, 1.54) is 18.3 Å². The van der Waals surface area contributed by atoms with E-state index in [0.29, 0.717) is 11.1 Å². The number of nitrogens with zero attached hydrogens (tertiary/aromatic N) is 1. The Hall–Kier alpha value is -3.88. The average Bonchev–Trinajstić information content (AvgIpc) is 2.66. The van der Waals surface area contributed by atoms with Crippen molar-refractivity contribution >= 4 is 24.1 Å². The highest BCUT2D eigenvalue weighted by Crippen LogP contribution is 2.28. The highest BCUT2D eigenvalue weighted by Gasteiger charge is 2.10. The first-order valence-electron chi connectivity index (χ1n) is 7.67. The SMILES string of the molecule is O=C(O)COc1ccc(C=NNC(=O)c2ccccc2)cc1OCC(=O)O. The van der Waals surface area contributed by atoms with Crippen LogP contribution in [0.4, 0.5) is 0 Å². The number of aliphatic carboxylic acids is 2. The third-order valence-electron chi connectivity index (χ3n) is 3.09. The van der Waals surface area contributed by atoms with Gasteiger partial charge in [0.1, 0.15) is 0 Å². The summed E-state index contributed by atoms with van der Waals surface area (Å²) in [6, 6.07) is 12.9. The molecule has 1 amide bonds. The maximum atomic E-state index is 11.9. The van der Waals surface area contributed by atoms with Crippen molar-refractivity contribution in [2.75, 3.05) is 13.2 Å². The second kappa shape index (κ2) is 9.56. The van der Waals surface area contributed by atoms with Crippen LogP contribution in [0.5, 0.6) is 11.5 Å². The number of nitrogens with one attached hydrogen (secondary N) is 1. The van der Waals surface area contributed by atoms with Crippen molar-refractivity contribution in [3.63, 3.8) is 0 Å². The molecule has 140 valence electrons. The van der Waals surface area contributed by atoms with Crippen molar-refractivity contribution in [2.45, 2.75) is 0 Å². The quantitative estimate of drug-likeness (QED) is 0.447. The van der Waals surface area contributed by atoms with Gasteiger partial charge >= 0.3 is 11.9 Å². The van der Waals surface area contributed by atoms with E-state index in [0.717, 1.165) is 0 Å². The predicted octanol–water partition coefficient (Wildman–Crippen LogP) is 1.38. The van der Waals surface area contributed by atoms with Crippen LogP contribution in [-0.4, -0.2) is 47.5 Å². The molecule has 0 atom stereocenters. The first-order valence-corrected chi connectivity index (χ1v) is 7.67. The van der Waals surface area contributed by atoms with Gasteiger partial charge in [-0.1, -0.05) is 18.2 Å². The number of carbonyl (C=O) groups excluding carboxylic acids is 1. The molecule has 0 radical (unpaired) electrons. The molecule has 0 bridgehead atoms. The molecule has 0 unspecified atom stereocenters. The van der Waals surface area contributed by atoms with Crippen LogP contribution in [0.2, 0.25) is 0 Å². The molecular formula is C18H16N2O7. The molecule has 2 aromatic rings. The van der Waals surface area contributed by atoms with E-state index in [2.05, 4.69) is 10.5 Å². The summed E-state index contributed by atoms with van der Waals surface area (Å²) in [7, 11) is 0. The van der Waals surface area contributed by atoms with Crippen molar-refractivity contribution in [2.24, 2.45) is 5.10 Å². The Morgan fingerprint density at radius 1 is 0.926 bits per heavy atom. The molecule has 0 aliphatic heterocycles. The summed E-state index contributed by atoms with van der Waals surface area (Å²) in [5.41, 5.74) is 3.28. The zero-order chi connectivity index (χ0) is 19.6. The third-order valence-corrected chi connectivity index (χ3v) is 3.09. The van der Waals surface area contributed by atoms with Crippen LogP contribution >= 0.6 is 0 Å². The first-order chi connectivity index (χ1) is 13.0. The van der Waals surface area contributed by atoms with Gasteiger partial charge in [-0.25, -0.2) is 15.0 Å². The number of carbonyl (C=O) groups is 3.